The highest BCUT2D eigenvalue weighted by atomic mass is 19.4. The molecule has 34 heavy (non-hydrogen) atoms. The Bertz CT molecular complexity index is 1190. The Morgan fingerprint density at radius 2 is 1.76 bits per heavy atom. The van der Waals surface area contributed by atoms with Crippen LogP contribution in [0.1, 0.15) is 5.69 Å². The summed E-state index contributed by atoms with van der Waals surface area (Å²) in [6.07, 6.45) is -3.56. The van der Waals surface area contributed by atoms with Crippen LogP contribution in [0.15, 0.2) is 67.3 Å². The molecule has 0 bridgehead atoms. The van der Waals surface area contributed by atoms with Crippen molar-refractivity contribution >= 4 is 28.9 Å². The van der Waals surface area contributed by atoms with Crippen LogP contribution in [0.5, 0.6) is 0 Å². The Hall–Kier alpha value is -3.92. The van der Waals surface area contributed by atoms with Crippen LogP contribution in [0, 0.1) is 0 Å². The zero-order valence-corrected chi connectivity index (χ0v) is 18.1. The number of amides is 1. The van der Waals surface area contributed by atoms with Gasteiger partial charge in [0.15, 0.2) is 5.69 Å². The van der Waals surface area contributed by atoms with Gasteiger partial charge in [-0.2, -0.15) is 13.2 Å². The Morgan fingerprint density at radius 1 is 1.03 bits per heavy atom. The molecule has 2 N–H and O–H groups in total. The van der Waals surface area contributed by atoms with Crippen LogP contribution in [0.3, 0.4) is 0 Å². The van der Waals surface area contributed by atoms with E-state index in [1.807, 2.05) is 18.2 Å². The fraction of sp³-hybridized carbons (Fsp3) is 0.208. The summed E-state index contributed by atoms with van der Waals surface area (Å²) in [6.45, 7) is 6.08. The lowest BCUT2D eigenvalue weighted by Gasteiger charge is -2.29. The number of nitrogens with zero attached hydrogens (tertiary/aromatic N) is 3. The highest BCUT2D eigenvalue weighted by Gasteiger charge is 2.34. The quantitative estimate of drug-likeness (QED) is 0.502. The van der Waals surface area contributed by atoms with E-state index in [1.54, 1.807) is 24.3 Å². The number of anilines is 4. The summed E-state index contributed by atoms with van der Waals surface area (Å²) in [6, 6.07) is 14.6. The van der Waals surface area contributed by atoms with Gasteiger partial charge >= 0.3 is 6.18 Å². The van der Waals surface area contributed by atoms with Crippen molar-refractivity contribution in [3.05, 3.63) is 72.9 Å². The second-order valence-corrected chi connectivity index (χ2v) is 7.51. The number of rotatable bonds is 6. The molecule has 0 aliphatic carbocycles. The summed E-state index contributed by atoms with van der Waals surface area (Å²) >= 11 is 0. The topological polar surface area (TPSA) is 79.4 Å². The van der Waals surface area contributed by atoms with Crippen molar-refractivity contribution < 1.29 is 22.7 Å². The minimum absolute atomic E-state index is 0.0591. The number of nitrogens with one attached hydrogen (secondary N) is 2. The largest absolute Gasteiger partial charge is 0.433 e. The van der Waals surface area contributed by atoms with Gasteiger partial charge in [0.25, 0.3) is 0 Å². The second kappa shape index (κ2) is 9.92. The summed E-state index contributed by atoms with van der Waals surface area (Å²) < 4.78 is 46.2. The van der Waals surface area contributed by atoms with Crippen LogP contribution in [0.2, 0.25) is 0 Å². The van der Waals surface area contributed by atoms with E-state index in [0.29, 0.717) is 30.2 Å². The van der Waals surface area contributed by atoms with Crippen LogP contribution in [-0.2, 0) is 15.7 Å². The van der Waals surface area contributed by atoms with E-state index >= 15 is 0 Å². The van der Waals surface area contributed by atoms with Gasteiger partial charge in [-0.1, -0.05) is 24.8 Å². The number of hydrogen-bond acceptors (Lipinski definition) is 6. The SMILES string of the molecule is C=CC(=O)Nc1cccc(-c2cc(C(F)(F)F)nc(Nc3cccc(N4CCOCC4)c3)n2)c1. The number of ether oxygens (including phenoxy) is 1. The molecule has 10 heteroatoms. The van der Waals surface area contributed by atoms with Crippen molar-refractivity contribution in [2.24, 2.45) is 0 Å². The first-order valence-electron chi connectivity index (χ1n) is 10.5. The average molecular weight is 469 g/mol. The molecule has 7 nitrogen and oxygen atoms in total. The van der Waals surface area contributed by atoms with Crippen LogP contribution >= 0.6 is 0 Å². The van der Waals surface area contributed by atoms with E-state index in [9.17, 15) is 18.0 Å². The lowest BCUT2D eigenvalue weighted by atomic mass is 10.1. The number of aromatic nitrogens is 2. The third-order valence-electron chi connectivity index (χ3n) is 5.11. The van der Waals surface area contributed by atoms with E-state index in [0.717, 1.165) is 30.9 Å². The molecule has 0 atom stereocenters. The average Bonchev–Trinajstić information content (AvgIpc) is 2.84. The van der Waals surface area contributed by atoms with Crippen LogP contribution < -0.4 is 15.5 Å². The normalized spacial score (nSPS) is 13.9. The van der Waals surface area contributed by atoms with Gasteiger partial charge in [-0.25, -0.2) is 9.97 Å². The number of halogens is 3. The van der Waals surface area contributed by atoms with E-state index in [2.05, 4.69) is 32.1 Å². The lowest BCUT2D eigenvalue weighted by molar-refractivity contribution is -0.141. The van der Waals surface area contributed by atoms with Gasteiger partial charge in [-0.15, -0.1) is 0 Å². The molecule has 2 aromatic carbocycles. The van der Waals surface area contributed by atoms with Gasteiger partial charge in [-0.05, 0) is 42.5 Å². The lowest BCUT2D eigenvalue weighted by Crippen LogP contribution is -2.36. The van der Waals surface area contributed by atoms with Crippen molar-refractivity contribution in [3.8, 4) is 11.3 Å². The summed E-state index contributed by atoms with van der Waals surface area (Å²) in [7, 11) is 0. The third-order valence-corrected chi connectivity index (χ3v) is 5.11. The van der Waals surface area contributed by atoms with Crippen molar-refractivity contribution in [2.45, 2.75) is 6.18 Å². The number of hydrogen-bond donors (Lipinski definition) is 2. The molecule has 2 heterocycles. The Morgan fingerprint density at radius 3 is 2.50 bits per heavy atom. The fourth-order valence-electron chi connectivity index (χ4n) is 3.48. The predicted octanol–water partition coefficient (Wildman–Crippen LogP) is 4.87. The summed E-state index contributed by atoms with van der Waals surface area (Å²) in [4.78, 5) is 21.7. The maximum atomic E-state index is 13.6. The monoisotopic (exact) mass is 469 g/mol. The summed E-state index contributed by atoms with van der Waals surface area (Å²) in [5.41, 5.74) is 1.25. The number of carbonyl (C=O) groups is 1. The molecule has 3 aromatic rings. The van der Waals surface area contributed by atoms with Gasteiger partial charge in [0.2, 0.25) is 11.9 Å². The van der Waals surface area contributed by atoms with Gasteiger partial charge in [0.1, 0.15) is 0 Å². The second-order valence-electron chi connectivity index (χ2n) is 7.51. The molecule has 1 fully saturated rings. The molecule has 1 aromatic heterocycles. The van der Waals surface area contributed by atoms with Gasteiger partial charge in [-0.3, -0.25) is 4.79 Å². The number of carbonyl (C=O) groups excluding carboxylic acids is 1. The third kappa shape index (κ3) is 5.70. The molecule has 0 spiro atoms. The van der Waals surface area contributed by atoms with Gasteiger partial charge in [0, 0.05) is 35.7 Å². The minimum atomic E-state index is -4.67. The highest BCUT2D eigenvalue weighted by Crippen LogP contribution is 2.32. The van der Waals surface area contributed by atoms with E-state index in [4.69, 9.17) is 4.74 Å². The molecule has 4 rings (SSSR count). The van der Waals surface area contributed by atoms with Crippen molar-refractivity contribution in [1.82, 2.24) is 9.97 Å². The van der Waals surface area contributed by atoms with Gasteiger partial charge in [0.05, 0.1) is 18.9 Å². The molecular formula is C24H22F3N5O2. The molecule has 176 valence electrons. The standard InChI is InChI=1S/C24H22F3N5O2/c1-2-22(33)28-17-6-3-5-16(13-17)20-15-21(24(25,26)27)31-23(30-20)29-18-7-4-8-19(14-18)32-9-11-34-12-10-32/h2-8,13-15H,1,9-12H2,(H,28,33)(H,29,30,31). The highest BCUT2D eigenvalue weighted by molar-refractivity contribution is 5.99. The Balaban J connectivity index is 1.66. The van der Waals surface area contributed by atoms with Crippen molar-refractivity contribution in [1.29, 1.82) is 0 Å². The van der Waals surface area contributed by atoms with Crippen LogP contribution in [-0.4, -0.2) is 42.2 Å². The smallest absolute Gasteiger partial charge is 0.378 e. The zero-order valence-electron chi connectivity index (χ0n) is 18.1. The first-order valence-corrected chi connectivity index (χ1v) is 10.5. The van der Waals surface area contributed by atoms with Crippen molar-refractivity contribution in [2.75, 3.05) is 41.8 Å². The first kappa shape index (κ1) is 23.2. The number of morpholine rings is 1. The molecular weight excluding hydrogens is 447 g/mol. The van der Waals surface area contributed by atoms with Gasteiger partial charge < -0.3 is 20.3 Å². The molecule has 1 amide bonds. The Labute approximate surface area is 194 Å². The molecule has 0 radical (unpaired) electrons. The van der Waals surface area contributed by atoms with E-state index in [-0.39, 0.29) is 11.6 Å². The zero-order chi connectivity index (χ0) is 24.1. The summed E-state index contributed by atoms with van der Waals surface area (Å²) in [5, 5.41) is 5.49. The predicted molar refractivity (Wildman–Crippen MR) is 124 cm³/mol. The number of benzene rings is 2. The minimum Gasteiger partial charge on any atom is -0.378 e. The maximum absolute atomic E-state index is 13.6. The molecule has 1 aliphatic rings. The summed E-state index contributed by atoms with van der Waals surface area (Å²) in [5.74, 6) is -0.622. The number of alkyl halides is 3. The molecule has 0 saturated carbocycles. The van der Waals surface area contributed by atoms with Crippen LogP contribution in [0.4, 0.5) is 36.2 Å². The van der Waals surface area contributed by atoms with E-state index in [1.165, 1.54) is 6.07 Å². The molecule has 0 unspecified atom stereocenters. The Kier molecular flexibility index (Phi) is 6.78. The van der Waals surface area contributed by atoms with Crippen LogP contribution in [0.25, 0.3) is 11.3 Å². The van der Waals surface area contributed by atoms with E-state index < -0.39 is 17.8 Å². The first-order chi connectivity index (χ1) is 16.3. The molecule has 1 aliphatic heterocycles. The molecule has 1 saturated heterocycles. The fourth-order valence-corrected chi connectivity index (χ4v) is 3.48. The maximum Gasteiger partial charge on any atom is 0.433 e. The van der Waals surface area contributed by atoms with Crippen molar-refractivity contribution in [3.63, 3.8) is 0 Å².